The molecule has 5 heteroatoms. The van der Waals surface area contributed by atoms with Crippen molar-refractivity contribution >= 4 is 23.6 Å². The first kappa shape index (κ1) is 23.0. The van der Waals surface area contributed by atoms with Crippen LogP contribution < -0.4 is 5.32 Å². The fraction of sp³-hybridized carbons (Fsp3) is 0.417. The number of aryl methyl sites for hydroxylation is 2. The molecule has 2 aromatic carbocycles. The van der Waals surface area contributed by atoms with Crippen LogP contribution in [0.1, 0.15) is 43.4 Å². The number of nitrogens with zero attached hydrogens (tertiary/aromatic N) is 1. The number of hydrogen-bond acceptors (Lipinski definition) is 3. The smallest absolute Gasteiger partial charge is 0.242 e. The fourth-order valence-corrected chi connectivity index (χ4v) is 3.82. The Morgan fingerprint density at radius 1 is 0.966 bits per heavy atom. The van der Waals surface area contributed by atoms with Gasteiger partial charge in [-0.1, -0.05) is 61.4 Å². The molecule has 1 atom stereocenters. The molecule has 4 nitrogen and oxygen atoms in total. The van der Waals surface area contributed by atoms with Crippen molar-refractivity contribution in [2.45, 2.75) is 58.0 Å². The topological polar surface area (TPSA) is 49.4 Å². The minimum Gasteiger partial charge on any atom is -0.354 e. The molecule has 0 aliphatic rings. The quantitative estimate of drug-likeness (QED) is 0.574. The van der Waals surface area contributed by atoms with E-state index in [0.717, 1.165) is 16.9 Å². The first-order valence-electron chi connectivity index (χ1n) is 10.3. The molecule has 2 aromatic rings. The van der Waals surface area contributed by atoms with Gasteiger partial charge in [0.2, 0.25) is 11.8 Å². The lowest BCUT2D eigenvalue weighted by molar-refractivity contribution is -0.139. The van der Waals surface area contributed by atoms with Crippen molar-refractivity contribution in [3.63, 3.8) is 0 Å². The second-order valence-corrected chi connectivity index (χ2v) is 8.37. The van der Waals surface area contributed by atoms with E-state index in [9.17, 15) is 9.59 Å². The van der Waals surface area contributed by atoms with Gasteiger partial charge in [0.05, 0.1) is 5.75 Å². The largest absolute Gasteiger partial charge is 0.354 e. The molecule has 0 spiro atoms. The summed E-state index contributed by atoms with van der Waals surface area (Å²) in [6.45, 7) is 9.13. The van der Waals surface area contributed by atoms with Gasteiger partial charge in [-0.2, -0.15) is 0 Å². The lowest BCUT2D eigenvalue weighted by Crippen LogP contribution is -2.49. The normalized spacial score (nSPS) is 11.7. The third kappa shape index (κ3) is 7.24. The van der Waals surface area contributed by atoms with E-state index in [0.29, 0.717) is 25.3 Å². The molecule has 2 amide bonds. The maximum absolute atomic E-state index is 13.2. The molecule has 1 N–H and O–H groups in total. The number of amides is 2. The van der Waals surface area contributed by atoms with Crippen molar-refractivity contribution < 1.29 is 9.59 Å². The first-order valence-corrected chi connectivity index (χ1v) is 11.2. The van der Waals surface area contributed by atoms with Crippen molar-refractivity contribution in [1.29, 1.82) is 0 Å². The highest BCUT2D eigenvalue weighted by atomic mass is 32.2. The lowest BCUT2D eigenvalue weighted by Gasteiger charge is -2.30. The standard InChI is InChI=1S/C24H32N2O2S/c1-5-15-25-24(28)22(6-2)26(16-20-11-7-18(3)8-12-20)23(27)17-29-21-13-9-19(4)10-14-21/h7-14,22H,5-6,15-17H2,1-4H3,(H,25,28)/t22-/m0/s1. The second kappa shape index (κ2) is 11.7. The summed E-state index contributed by atoms with van der Waals surface area (Å²) in [6, 6.07) is 15.8. The first-order chi connectivity index (χ1) is 13.9. The zero-order valence-corrected chi connectivity index (χ0v) is 18.7. The number of thioether (sulfide) groups is 1. The van der Waals surface area contributed by atoms with Gasteiger partial charge in [-0.3, -0.25) is 9.59 Å². The molecule has 0 heterocycles. The van der Waals surface area contributed by atoms with Crippen molar-refractivity contribution in [2.24, 2.45) is 0 Å². The maximum atomic E-state index is 13.2. The van der Waals surface area contributed by atoms with Gasteiger partial charge >= 0.3 is 0 Å². The van der Waals surface area contributed by atoms with E-state index < -0.39 is 6.04 Å². The third-order valence-electron chi connectivity index (χ3n) is 4.79. The maximum Gasteiger partial charge on any atom is 0.242 e. The van der Waals surface area contributed by atoms with Gasteiger partial charge in [-0.05, 0) is 44.4 Å². The van der Waals surface area contributed by atoms with E-state index in [1.165, 1.54) is 22.9 Å². The molecule has 0 unspecified atom stereocenters. The molecule has 0 aliphatic heterocycles. The molecule has 29 heavy (non-hydrogen) atoms. The molecular weight excluding hydrogens is 380 g/mol. The van der Waals surface area contributed by atoms with Crippen LogP contribution >= 0.6 is 11.8 Å². The molecule has 0 aromatic heterocycles. The van der Waals surface area contributed by atoms with Crippen LogP contribution in [-0.2, 0) is 16.1 Å². The predicted octanol–water partition coefficient (Wildman–Crippen LogP) is 4.73. The summed E-state index contributed by atoms with van der Waals surface area (Å²) in [4.78, 5) is 28.7. The highest BCUT2D eigenvalue weighted by Crippen LogP contribution is 2.21. The Balaban J connectivity index is 2.16. The zero-order valence-electron chi connectivity index (χ0n) is 17.9. The van der Waals surface area contributed by atoms with Gasteiger partial charge in [0, 0.05) is 18.0 Å². The van der Waals surface area contributed by atoms with Gasteiger partial charge in [-0.15, -0.1) is 11.8 Å². The summed E-state index contributed by atoms with van der Waals surface area (Å²) >= 11 is 1.51. The lowest BCUT2D eigenvalue weighted by atomic mass is 10.1. The van der Waals surface area contributed by atoms with Crippen LogP contribution in [0.3, 0.4) is 0 Å². The highest BCUT2D eigenvalue weighted by molar-refractivity contribution is 8.00. The van der Waals surface area contributed by atoms with E-state index in [1.807, 2.05) is 76.2 Å². The highest BCUT2D eigenvalue weighted by Gasteiger charge is 2.28. The Hall–Kier alpha value is -2.27. The summed E-state index contributed by atoms with van der Waals surface area (Å²) < 4.78 is 0. The molecule has 0 bridgehead atoms. The molecule has 0 saturated carbocycles. The van der Waals surface area contributed by atoms with Crippen LogP contribution in [0.25, 0.3) is 0 Å². The Morgan fingerprint density at radius 3 is 2.10 bits per heavy atom. The van der Waals surface area contributed by atoms with Gasteiger partial charge in [-0.25, -0.2) is 0 Å². The summed E-state index contributed by atoms with van der Waals surface area (Å²) in [6.07, 6.45) is 1.46. The van der Waals surface area contributed by atoms with Gasteiger partial charge in [0.25, 0.3) is 0 Å². The van der Waals surface area contributed by atoms with Crippen LogP contribution in [0.15, 0.2) is 53.4 Å². The third-order valence-corrected chi connectivity index (χ3v) is 5.79. The summed E-state index contributed by atoms with van der Waals surface area (Å²) in [5, 5.41) is 2.95. The van der Waals surface area contributed by atoms with E-state index in [4.69, 9.17) is 0 Å². The SMILES string of the molecule is CCCNC(=O)[C@H](CC)N(Cc1ccc(C)cc1)C(=O)CSc1ccc(C)cc1. The summed E-state index contributed by atoms with van der Waals surface area (Å²) in [5.74, 6) is 0.219. The van der Waals surface area contributed by atoms with E-state index >= 15 is 0 Å². The number of carbonyl (C=O) groups excluding carboxylic acids is 2. The van der Waals surface area contributed by atoms with Crippen molar-refractivity contribution in [1.82, 2.24) is 10.2 Å². The Morgan fingerprint density at radius 2 is 1.55 bits per heavy atom. The van der Waals surface area contributed by atoms with E-state index in [-0.39, 0.29) is 11.8 Å². The fourth-order valence-electron chi connectivity index (χ4n) is 3.04. The average Bonchev–Trinajstić information content (AvgIpc) is 2.72. The van der Waals surface area contributed by atoms with Crippen LogP contribution in [0.5, 0.6) is 0 Å². The Bertz CT molecular complexity index is 788. The summed E-state index contributed by atoms with van der Waals surface area (Å²) in [5.41, 5.74) is 3.40. The van der Waals surface area contributed by atoms with Gasteiger partial charge < -0.3 is 10.2 Å². The van der Waals surface area contributed by atoms with Crippen molar-refractivity contribution in [2.75, 3.05) is 12.3 Å². The number of rotatable bonds is 10. The van der Waals surface area contributed by atoms with Gasteiger partial charge in [0.1, 0.15) is 6.04 Å². The molecule has 0 aliphatic carbocycles. The van der Waals surface area contributed by atoms with Crippen LogP contribution in [0.4, 0.5) is 0 Å². The van der Waals surface area contributed by atoms with Gasteiger partial charge in [0.15, 0.2) is 0 Å². The number of hydrogen-bond donors (Lipinski definition) is 1. The Labute approximate surface area is 179 Å². The minimum absolute atomic E-state index is 0.0188. The number of benzene rings is 2. The minimum atomic E-state index is -0.464. The average molecular weight is 413 g/mol. The van der Waals surface area contributed by atoms with E-state index in [2.05, 4.69) is 5.32 Å². The molecule has 0 radical (unpaired) electrons. The van der Waals surface area contributed by atoms with Crippen molar-refractivity contribution in [3.05, 3.63) is 65.2 Å². The summed E-state index contributed by atoms with van der Waals surface area (Å²) in [7, 11) is 0. The molecule has 0 saturated heterocycles. The second-order valence-electron chi connectivity index (χ2n) is 7.32. The monoisotopic (exact) mass is 412 g/mol. The molecule has 2 rings (SSSR count). The molecule has 0 fully saturated rings. The zero-order chi connectivity index (χ0) is 21.2. The molecule has 156 valence electrons. The van der Waals surface area contributed by atoms with Crippen LogP contribution in [0.2, 0.25) is 0 Å². The van der Waals surface area contributed by atoms with Crippen LogP contribution in [0, 0.1) is 13.8 Å². The van der Waals surface area contributed by atoms with Crippen molar-refractivity contribution in [3.8, 4) is 0 Å². The number of nitrogens with one attached hydrogen (secondary N) is 1. The number of carbonyl (C=O) groups is 2. The Kier molecular flexibility index (Phi) is 9.26. The van der Waals surface area contributed by atoms with Crippen LogP contribution in [-0.4, -0.2) is 35.1 Å². The molecular formula is C24H32N2O2S. The van der Waals surface area contributed by atoms with E-state index in [1.54, 1.807) is 4.90 Å². The predicted molar refractivity (Wildman–Crippen MR) is 121 cm³/mol.